The molecule has 1 saturated carbocycles. The summed E-state index contributed by atoms with van der Waals surface area (Å²) < 4.78 is 2.06. The van der Waals surface area contributed by atoms with Gasteiger partial charge in [0.15, 0.2) is 0 Å². The molecule has 3 nitrogen and oxygen atoms in total. The van der Waals surface area contributed by atoms with Crippen LogP contribution in [0.2, 0.25) is 0 Å². The van der Waals surface area contributed by atoms with E-state index in [-0.39, 0.29) is 0 Å². The van der Waals surface area contributed by atoms with Gasteiger partial charge in [0, 0.05) is 7.05 Å². The van der Waals surface area contributed by atoms with Crippen LogP contribution in [-0.2, 0) is 7.05 Å². The number of nitrogens with one attached hydrogen (secondary N) is 1. The lowest BCUT2D eigenvalue weighted by molar-refractivity contribution is 0.168. The highest BCUT2D eigenvalue weighted by Gasteiger charge is 2.32. The molecule has 1 heterocycles. The van der Waals surface area contributed by atoms with Crippen LogP contribution in [-0.4, -0.2) is 16.3 Å². The molecule has 1 N–H and O–H groups in total. The first-order valence-electron chi connectivity index (χ1n) is 7.76. The Morgan fingerprint density at radius 3 is 2.63 bits per heavy atom. The zero-order valence-corrected chi connectivity index (χ0v) is 13.1. The van der Waals surface area contributed by atoms with Gasteiger partial charge >= 0.3 is 0 Å². The molecule has 0 aromatic carbocycles. The predicted molar refractivity (Wildman–Crippen MR) is 80.0 cm³/mol. The molecule has 1 aromatic heterocycles. The Kier molecular flexibility index (Phi) is 4.67. The molecular weight excluding hydrogens is 234 g/mol. The van der Waals surface area contributed by atoms with Crippen LogP contribution in [0.25, 0.3) is 0 Å². The van der Waals surface area contributed by atoms with Crippen LogP contribution < -0.4 is 5.32 Å². The van der Waals surface area contributed by atoms with Crippen molar-refractivity contribution in [3.63, 3.8) is 0 Å². The van der Waals surface area contributed by atoms with Gasteiger partial charge in [-0.2, -0.15) is 5.10 Å². The molecule has 1 fully saturated rings. The maximum Gasteiger partial charge on any atom is 0.0597 e. The summed E-state index contributed by atoms with van der Waals surface area (Å²) in [6.07, 6.45) is 4.04. The summed E-state index contributed by atoms with van der Waals surface area (Å²) in [5, 5.41) is 8.22. The molecule has 0 saturated heterocycles. The SMILES string of the molecule is CCNC(c1cc(C)nn1C)C1CCC(C)C(C)C1. The Bertz CT molecular complexity index is 410. The molecule has 1 aliphatic carbocycles. The minimum absolute atomic E-state index is 0.464. The number of aryl methyl sites for hydroxylation is 2. The highest BCUT2D eigenvalue weighted by molar-refractivity contribution is 5.14. The first kappa shape index (κ1) is 14.6. The summed E-state index contributed by atoms with van der Waals surface area (Å²) in [4.78, 5) is 0. The van der Waals surface area contributed by atoms with E-state index < -0.39 is 0 Å². The Hall–Kier alpha value is -0.830. The molecule has 0 spiro atoms. The van der Waals surface area contributed by atoms with E-state index in [9.17, 15) is 0 Å². The fourth-order valence-corrected chi connectivity index (χ4v) is 3.55. The molecule has 3 heteroatoms. The van der Waals surface area contributed by atoms with Crippen molar-refractivity contribution in [2.24, 2.45) is 24.8 Å². The molecule has 0 bridgehead atoms. The van der Waals surface area contributed by atoms with E-state index in [0.29, 0.717) is 6.04 Å². The van der Waals surface area contributed by atoms with Crippen molar-refractivity contribution >= 4 is 0 Å². The summed E-state index contributed by atoms with van der Waals surface area (Å²) >= 11 is 0. The van der Waals surface area contributed by atoms with Gasteiger partial charge in [0.1, 0.15) is 0 Å². The smallest absolute Gasteiger partial charge is 0.0597 e. The maximum atomic E-state index is 4.52. The fraction of sp³-hybridized carbons (Fsp3) is 0.812. The van der Waals surface area contributed by atoms with Gasteiger partial charge in [-0.3, -0.25) is 4.68 Å². The molecular formula is C16H29N3. The lowest BCUT2D eigenvalue weighted by Crippen LogP contribution is -2.34. The quantitative estimate of drug-likeness (QED) is 0.901. The van der Waals surface area contributed by atoms with Gasteiger partial charge in [-0.1, -0.05) is 27.2 Å². The van der Waals surface area contributed by atoms with Gasteiger partial charge in [-0.15, -0.1) is 0 Å². The van der Waals surface area contributed by atoms with Gasteiger partial charge in [0.25, 0.3) is 0 Å². The van der Waals surface area contributed by atoms with Gasteiger partial charge in [-0.05, 0) is 50.1 Å². The Morgan fingerprint density at radius 2 is 2.11 bits per heavy atom. The largest absolute Gasteiger partial charge is 0.309 e. The average molecular weight is 263 g/mol. The van der Waals surface area contributed by atoms with Crippen molar-refractivity contribution in [3.8, 4) is 0 Å². The summed E-state index contributed by atoms with van der Waals surface area (Å²) in [5.74, 6) is 2.47. The summed E-state index contributed by atoms with van der Waals surface area (Å²) in [6.45, 7) is 10.1. The third-order valence-electron chi connectivity index (χ3n) is 4.89. The average Bonchev–Trinajstić information content (AvgIpc) is 2.69. The standard InChI is InChI=1S/C16H29N3/c1-6-17-16(15-10-13(4)18-19(15)5)14-8-7-11(2)12(3)9-14/h10-12,14,16-17H,6-9H2,1-5H3. The fourth-order valence-electron chi connectivity index (χ4n) is 3.55. The zero-order chi connectivity index (χ0) is 14.0. The van der Waals surface area contributed by atoms with E-state index in [0.717, 1.165) is 30.0 Å². The molecule has 0 aliphatic heterocycles. The zero-order valence-electron chi connectivity index (χ0n) is 13.1. The molecule has 0 radical (unpaired) electrons. The van der Waals surface area contributed by atoms with Crippen LogP contribution in [0, 0.1) is 24.7 Å². The normalized spacial score (nSPS) is 29.4. The molecule has 4 unspecified atom stereocenters. The third-order valence-corrected chi connectivity index (χ3v) is 4.89. The Balaban J connectivity index is 2.18. The molecule has 19 heavy (non-hydrogen) atoms. The van der Waals surface area contributed by atoms with Crippen LogP contribution >= 0.6 is 0 Å². The molecule has 1 aromatic rings. The van der Waals surface area contributed by atoms with Gasteiger partial charge < -0.3 is 5.32 Å². The maximum absolute atomic E-state index is 4.52. The van der Waals surface area contributed by atoms with Crippen LogP contribution in [0.1, 0.15) is 57.5 Å². The van der Waals surface area contributed by atoms with Gasteiger partial charge in [0.05, 0.1) is 17.4 Å². The molecule has 1 aliphatic rings. The van der Waals surface area contributed by atoms with Crippen LogP contribution in [0.15, 0.2) is 6.07 Å². The molecule has 108 valence electrons. The second-order valence-corrected chi connectivity index (χ2v) is 6.40. The Labute approximate surface area is 117 Å². The van der Waals surface area contributed by atoms with Crippen molar-refractivity contribution in [1.29, 1.82) is 0 Å². The van der Waals surface area contributed by atoms with E-state index in [4.69, 9.17) is 0 Å². The van der Waals surface area contributed by atoms with E-state index in [1.165, 1.54) is 25.0 Å². The van der Waals surface area contributed by atoms with Crippen molar-refractivity contribution in [3.05, 3.63) is 17.5 Å². The van der Waals surface area contributed by atoms with E-state index in [1.54, 1.807) is 0 Å². The highest BCUT2D eigenvalue weighted by atomic mass is 15.3. The highest BCUT2D eigenvalue weighted by Crippen LogP contribution is 2.39. The van der Waals surface area contributed by atoms with E-state index >= 15 is 0 Å². The Morgan fingerprint density at radius 1 is 1.37 bits per heavy atom. The monoisotopic (exact) mass is 263 g/mol. The molecule has 2 rings (SSSR count). The minimum Gasteiger partial charge on any atom is -0.309 e. The number of aromatic nitrogens is 2. The second-order valence-electron chi connectivity index (χ2n) is 6.40. The minimum atomic E-state index is 0.464. The number of hydrogen-bond acceptors (Lipinski definition) is 2. The van der Waals surface area contributed by atoms with Gasteiger partial charge in [0.2, 0.25) is 0 Å². The van der Waals surface area contributed by atoms with E-state index in [2.05, 4.69) is 55.9 Å². The van der Waals surface area contributed by atoms with E-state index in [1.807, 2.05) is 0 Å². The van der Waals surface area contributed by atoms with Crippen LogP contribution in [0.3, 0.4) is 0 Å². The first-order chi connectivity index (χ1) is 9.02. The summed E-state index contributed by atoms with van der Waals surface area (Å²) in [6, 6.07) is 2.71. The summed E-state index contributed by atoms with van der Waals surface area (Å²) in [7, 11) is 2.07. The second kappa shape index (κ2) is 6.08. The third kappa shape index (κ3) is 3.19. The number of rotatable bonds is 4. The van der Waals surface area contributed by atoms with Crippen molar-refractivity contribution < 1.29 is 0 Å². The van der Waals surface area contributed by atoms with Crippen LogP contribution in [0.5, 0.6) is 0 Å². The van der Waals surface area contributed by atoms with Gasteiger partial charge in [-0.25, -0.2) is 0 Å². The molecule has 0 amide bonds. The lowest BCUT2D eigenvalue weighted by atomic mass is 9.72. The van der Waals surface area contributed by atoms with Crippen LogP contribution in [0.4, 0.5) is 0 Å². The number of hydrogen-bond donors (Lipinski definition) is 1. The van der Waals surface area contributed by atoms with Crippen molar-refractivity contribution in [2.45, 2.75) is 53.0 Å². The summed E-state index contributed by atoms with van der Waals surface area (Å²) in [5.41, 5.74) is 2.48. The topological polar surface area (TPSA) is 29.9 Å². The predicted octanol–water partition coefficient (Wildman–Crippen LogP) is 3.45. The first-order valence-corrected chi connectivity index (χ1v) is 7.76. The lowest BCUT2D eigenvalue weighted by Gasteiger charge is -2.37. The van der Waals surface area contributed by atoms with Crippen molar-refractivity contribution in [1.82, 2.24) is 15.1 Å². The molecule has 4 atom stereocenters. The van der Waals surface area contributed by atoms with Crippen molar-refractivity contribution in [2.75, 3.05) is 6.54 Å². The number of nitrogens with zero attached hydrogens (tertiary/aromatic N) is 2.